The van der Waals surface area contributed by atoms with Gasteiger partial charge >= 0.3 is 0 Å². The zero-order chi connectivity index (χ0) is 8.32. The Morgan fingerprint density at radius 2 is 2.18 bits per heavy atom. The summed E-state index contributed by atoms with van der Waals surface area (Å²) in [5.74, 6) is 0. The molecule has 1 rings (SSSR count). The molecule has 0 aromatic carbocycles. The van der Waals surface area contributed by atoms with Gasteiger partial charge in [0.1, 0.15) is 5.21 Å². The molecule has 11 heavy (non-hydrogen) atoms. The summed E-state index contributed by atoms with van der Waals surface area (Å²) < 4.78 is 22.2. The highest BCUT2D eigenvalue weighted by Gasteiger charge is 2.14. The van der Waals surface area contributed by atoms with E-state index < -0.39 is 9.84 Å². The number of rotatable bonds is 2. The molecule has 0 heterocycles. The fourth-order valence-corrected chi connectivity index (χ4v) is 2.06. The van der Waals surface area contributed by atoms with Crippen LogP contribution in [0.5, 0.6) is 0 Å². The number of hydrogen-bond acceptors (Lipinski definition) is 2. The van der Waals surface area contributed by atoms with E-state index >= 15 is 0 Å². The van der Waals surface area contributed by atoms with E-state index in [0.29, 0.717) is 4.91 Å². The molecular weight excluding hydrogens is 184 g/mol. The summed E-state index contributed by atoms with van der Waals surface area (Å²) in [5.41, 5.74) is 0. The Balaban J connectivity index is 2.92. The number of hydrogen-bond donors (Lipinski definition) is 0. The van der Waals surface area contributed by atoms with Gasteiger partial charge in [-0.3, -0.25) is 0 Å². The summed E-state index contributed by atoms with van der Waals surface area (Å²) in [5, 5.41) is -0.330. The molecule has 0 aliphatic heterocycles. The van der Waals surface area contributed by atoms with Crippen LogP contribution in [0, 0.1) is 0 Å². The second-order valence-electron chi connectivity index (χ2n) is 2.31. The maximum atomic E-state index is 11.1. The second-order valence-corrected chi connectivity index (χ2v) is 4.88. The van der Waals surface area contributed by atoms with E-state index in [4.69, 9.17) is 11.6 Å². The topological polar surface area (TPSA) is 34.1 Å². The highest BCUT2D eigenvalue weighted by Crippen LogP contribution is 2.16. The van der Waals surface area contributed by atoms with Gasteiger partial charge in [-0.05, 0) is 18.9 Å². The maximum Gasteiger partial charge on any atom is 0.191 e. The summed E-state index contributed by atoms with van der Waals surface area (Å²) >= 11 is 5.26. The molecule has 0 unspecified atom stereocenters. The molecular formula is C7H9ClO2S. The van der Waals surface area contributed by atoms with Crippen molar-refractivity contribution in [3.63, 3.8) is 0 Å². The van der Waals surface area contributed by atoms with E-state index in [1.165, 1.54) is 0 Å². The van der Waals surface area contributed by atoms with Crippen LogP contribution in [-0.2, 0) is 9.84 Å². The van der Waals surface area contributed by atoms with Crippen molar-refractivity contribution in [3.05, 3.63) is 23.1 Å². The number of sulfone groups is 1. The lowest BCUT2D eigenvalue weighted by Crippen LogP contribution is -2.04. The normalized spacial score (nSPS) is 18.1. The molecule has 4 heteroatoms. The minimum absolute atomic E-state index is 0.330. The molecule has 0 amide bonds. The highest BCUT2D eigenvalue weighted by atomic mass is 35.5. The van der Waals surface area contributed by atoms with E-state index in [1.54, 1.807) is 12.2 Å². The molecule has 62 valence electrons. The molecule has 0 radical (unpaired) electrons. The zero-order valence-corrected chi connectivity index (χ0v) is 7.53. The monoisotopic (exact) mass is 192 g/mol. The summed E-state index contributed by atoms with van der Waals surface area (Å²) in [6.45, 7) is 0. The van der Waals surface area contributed by atoms with E-state index in [9.17, 15) is 8.42 Å². The van der Waals surface area contributed by atoms with Crippen LogP contribution in [0.1, 0.15) is 12.8 Å². The fraction of sp³-hybridized carbons (Fsp3) is 0.429. The van der Waals surface area contributed by atoms with Gasteiger partial charge in [-0.1, -0.05) is 12.2 Å². The number of allylic oxidation sites excluding steroid dienone is 3. The lowest BCUT2D eigenvalue weighted by molar-refractivity contribution is 0.606. The molecule has 1 aliphatic carbocycles. The van der Waals surface area contributed by atoms with Crippen LogP contribution >= 0.6 is 11.6 Å². The third kappa shape index (κ3) is 2.07. The van der Waals surface area contributed by atoms with Gasteiger partial charge in [0.2, 0.25) is 0 Å². The van der Waals surface area contributed by atoms with Gasteiger partial charge in [0, 0.05) is 0 Å². The zero-order valence-electron chi connectivity index (χ0n) is 5.96. The minimum Gasteiger partial charge on any atom is -0.222 e. The van der Waals surface area contributed by atoms with Crippen LogP contribution < -0.4 is 0 Å². The van der Waals surface area contributed by atoms with Crippen molar-refractivity contribution in [1.29, 1.82) is 0 Å². The first kappa shape index (κ1) is 8.81. The summed E-state index contributed by atoms with van der Waals surface area (Å²) in [6.07, 6.45) is 6.88. The first-order valence-electron chi connectivity index (χ1n) is 3.32. The molecule has 0 aromatic rings. The van der Waals surface area contributed by atoms with Crippen LogP contribution in [0.2, 0.25) is 0 Å². The van der Waals surface area contributed by atoms with E-state index in [1.807, 2.05) is 6.08 Å². The smallest absolute Gasteiger partial charge is 0.191 e. The van der Waals surface area contributed by atoms with Crippen LogP contribution in [0.15, 0.2) is 23.1 Å². The van der Waals surface area contributed by atoms with Gasteiger partial charge in [-0.15, -0.1) is 11.6 Å². The van der Waals surface area contributed by atoms with Crippen LogP contribution in [0.3, 0.4) is 0 Å². The van der Waals surface area contributed by atoms with Gasteiger partial charge in [-0.25, -0.2) is 8.42 Å². The summed E-state index contributed by atoms with van der Waals surface area (Å²) in [6, 6.07) is 0. The van der Waals surface area contributed by atoms with Crippen molar-refractivity contribution >= 4 is 21.4 Å². The van der Waals surface area contributed by atoms with Crippen molar-refractivity contribution in [1.82, 2.24) is 0 Å². The average molecular weight is 193 g/mol. The van der Waals surface area contributed by atoms with Gasteiger partial charge in [0.15, 0.2) is 9.84 Å². The van der Waals surface area contributed by atoms with Crippen LogP contribution in [0.25, 0.3) is 0 Å². The first-order valence-corrected chi connectivity index (χ1v) is 5.51. The van der Waals surface area contributed by atoms with Gasteiger partial charge in [-0.2, -0.15) is 0 Å². The first-order chi connectivity index (χ1) is 5.17. The quantitative estimate of drug-likeness (QED) is 0.626. The third-order valence-corrected chi connectivity index (χ3v) is 3.63. The fourth-order valence-electron chi connectivity index (χ4n) is 0.883. The molecule has 0 spiro atoms. The van der Waals surface area contributed by atoms with E-state index in [-0.39, 0.29) is 5.21 Å². The standard InChI is InChI=1S/C7H9ClO2S/c8-6-11(9,10)7-4-2-1-3-5-7/h2,4-5H,1,3,6H2. The second kappa shape index (κ2) is 3.41. The maximum absolute atomic E-state index is 11.1. The summed E-state index contributed by atoms with van der Waals surface area (Å²) in [4.78, 5) is 0.360. The van der Waals surface area contributed by atoms with Gasteiger partial charge in [0.25, 0.3) is 0 Å². The largest absolute Gasteiger partial charge is 0.222 e. The van der Waals surface area contributed by atoms with Crippen LogP contribution in [-0.4, -0.2) is 13.6 Å². The minimum atomic E-state index is -3.18. The van der Waals surface area contributed by atoms with Crippen molar-refractivity contribution < 1.29 is 8.42 Å². The van der Waals surface area contributed by atoms with Crippen molar-refractivity contribution in [3.8, 4) is 0 Å². The number of alkyl halides is 1. The van der Waals surface area contributed by atoms with Gasteiger partial charge in [0.05, 0.1) is 4.91 Å². The third-order valence-electron chi connectivity index (χ3n) is 1.46. The van der Waals surface area contributed by atoms with Crippen molar-refractivity contribution in [2.45, 2.75) is 12.8 Å². The Kier molecular flexibility index (Phi) is 2.73. The predicted octanol–water partition coefficient (Wildman–Crippen LogP) is 1.83. The van der Waals surface area contributed by atoms with Crippen molar-refractivity contribution in [2.24, 2.45) is 0 Å². The molecule has 0 saturated heterocycles. The Labute approximate surface area is 71.5 Å². The Hall–Kier alpha value is -0.280. The molecule has 1 aliphatic rings. The Bertz CT molecular complexity index is 288. The highest BCUT2D eigenvalue weighted by molar-refractivity contribution is 7.96. The molecule has 0 N–H and O–H groups in total. The Morgan fingerprint density at radius 3 is 2.64 bits per heavy atom. The van der Waals surface area contributed by atoms with Crippen LogP contribution in [0.4, 0.5) is 0 Å². The van der Waals surface area contributed by atoms with Crippen molar-refractivity contribution in [2.75, 3.05) is 5.21 Å². The Morgan fingerprint density at radius 1 is 1.45 bits per heavy atom. The molecule has 0 saturated carbocycles. The lowest BCUT2D eigenvalue weighted by Gasteiger charge is -2.04. The summed E-state index contributed by atoms with van der Waals surface area (Å²) in [7, 11) is -3.18. The molecule has 0 aromatic heterocycles. The van der Waals surface area contributed by atoms with E-state index in [0.717, 1.165) is 12.8 Å². The van der Waals surface area contributed by atoms with E-state index in [2.05, 4.69) is 0 Å². The van der Waals surface area contributed by atoms with Gasteiger partial charge < -0.3 is 0 Å². The lowest BCUT2D eigenvalue weighted by atomic mass is 10.2. The number of halogens is 1. The average Bonchev–Trinajstić information content (AvgIpc) is 2.06. The molecule has 0 bridgehead atoms. The molecule has 2 nitrogen and oxygen atoms in total. The predicted molar refractivity (Wildman–Crippen MR) is 46.1 cm³/mol. The molecule has 0 fully saturated rings. The SMILES string of the molecule is O=S(=O)(CCl)C1=CCCC=C1. The molecule has 0 atom stereocenters.